The van der Waals surface area contributed by atoms with Crippen LogP contribution in [0.5, 0.6) is 0 Å². The van der Waals surface area contributed by atoms with Gasteiger partial charge in [0.05, 0.1) is 6.26 Å². The SMILES string of the molecule is CCCNC(Cc1ccc(Br)cc1F)c1ccoc1Cl. The van der Waals surface area contributed by atoms with Crippen LogP contribution in [0.1, 0.15) is 30.5 Å². The van der Waals surface area contributed by atoms with Gasteiger partial charge in [-0.25, -0.2) is 4.39 Å². The summed E-state index contributed by atoms with van der Waals surface area (Å²) in [7, 11) is 0. The highest BCUT2D eigenvalue weighted by Crippen LogP contribution is 2.28. The Bertz CT molecular complexity index is 573. The maximum absolute atomic E-state index is 14.0. The molecule has 0 aliphatic heterocycles. The number of rotatable bonds is 6. The summed E-state index contributed by atoms with van der Waals surface area (Å²) in [6.07, 6.45) is 3.07. The highest BCUT2D eigenvalue weighted by atomic mass is 79.9. The van der Waals surface area contributed by atoms with Gasteiger partial charge < -0.3 is 9.73 Å². The average molecular weight is 361 g/mol. The van der Waals surface area contributed by atoms with Crippen LogP contribution in [-0.4, -0.2) is 6.54 Å². The van der Waals surface area contributed by atoms with Crippen LogP contribution in [0, 0.1) is 5.82 Å². The predicted molar refractivity (Wildman–Crippen MR) is 82.6 cm³/mol. The van der Waals surface area contributed by atoms with Gasteiger partial charge in [-0.05, 0) is 54.7 Å². The fourth-order valence-corrected chi connectivity index (χ4v) is 2.65. The molecule has 0 saturated carbocycles. The summed E-state index contributed by atoms with van der Waals surface area (Å²) >= 11 is 9.30. The topological polar surface area (TPSA) is 25.2 Å². The summed E-state index contributed by atoms with van der Waals surface area (Å²) in [5.41, 5.74) is 1.52. The monoisotopic (exact) mass is 359 g/mol. The van der Waals surface area contributed by atoms with E-state index >= 15 is 0 Å². The van der Waals surface area contributed by atoms with Gasteiger partial charge in [-0.2, -0.15) is 0 Å². The van der Waals surface area contributed by atoms with Gasteiger partial charge in [0.15, 0.2) is 5.22 Å². The summed E-state index contributed by atoms with van der Waals surface area (Å²) in [5, 5.41) is 3.74. The van der Waals surface area contributed by atoms with Gasteiger partial charge in [-0.15, -0.1) is 0 Å². The Kier molecular flexibility index (Phi) is 5.64. The average Bonchev–Trinajstić information content (AvgIpc) is 2.83. The molecular weight excluding hydrogens is 345 g/mol. The minimum Gasteiger partial charge on any atom is -0.453 e. The van der Waals surface area contributed by atoms with Crippen LogP contribution in [0.3, 0.4) is 0 Å². The number of nitrogens with one attached hydrogen (secondary N) is 1. The van der Waals surface area contributed by atoms with Crippen LogP contribution in [0.25, 0.3) is 0 Å². The van der Waals surface area contributed by atoms with Crippen molar-refractivity contribution in [2.75, 3.05) is 6.54 Å². The zero-order valence-electron chi connectivity index (χ0n) is 11.1. The third kappa shape index (κ3) is 3.84. The van der Waals surface area contributed by atoms with Crippen molar-refractivity contribution in [3.63, 3.8) is 0 Å². The van der Waals surface area contributed by atoms with Crippen molar-refractivity contribution in [2.45, 2.75) is 25.8 Å². The molecule has 1 aromatic carbocycles. The largest absolute Gasteiger partial charge is 0.453 e. The fourth-order valence-electron chi connectivity index (χ4n) is 2.07. The maximum Gasteiger partial charge on any atom is 0.197 e. The summed E-state index contributed by atoms with van der Waals surface area (Å²) in [6, 6.07) is 6.87. The molecule has 1 unspecified atom stereocenters. The van der Waals surface area contributed by atoms with Gasteiger partial charge in [-0.3, -0.25) is 0 Å². The summed E-state index contributed by atoms with van der Waals surface area (Å²) < 4.78 is 19.8. The molecule has 1 heterocycles. The lowest BCUT2D eigenvalue weighted by Crippen LogP contribution is -2.24. The number of halogens is 3. The van der Waals surface area contributed by atoms with E-state index in [2.05, 4.69) is 28.2 Å². The lowest BCUT2D eigenvalue weighted by Gasteiger charge is -2.18. The highest BCUT2D eigenvalue weighted by molar-refractivity contribution is 9.10. The Balaban J connectivity index is 2.21. The van der Waals surface area contributed by atoms with Crippen LogP contribution in [0.15, 0.2) is 39.4 Å². The number of hydrogen-bond acceptors (Lipinski definition) is 2. The summed E-state index contributed by atoms with van der Waals surface area (Å²) in [6.45, 7) is 2.92. The molecule has 0 amide bonds. The van der Waals surface area contributed by atoms with Gasteiger partial charge in [0.25, 0.3) is 0 Å². The lowest BCUT2D eigenvalue weighted by molar-refractivity contribution is 0.501. The van der Waals surface area contributed by atoms with E-state index in [4.69, 9.17) is 16.0 Å². The molecule has 20 heavy (non-hydrogen) atoms. The molecule has 2 aromatic rings. The lowest BCUT2D eigenvalue weighted by atomic mass is 10.0. The standard InChI is InChI=1S/C15H16BrClFNO/c1-2-6-19-14(12-5-7-20-15(12)17)8-10-3-4-11(16)9-13(10)18/h3-5,7,9,14,19H,2,6,8H2,1H3. The van der Waals surface area contributed by atoms with Gasteiger partial charge in [0.1, 0.15) is 5.82 Å². The molecule has 0 spiro atoms. The van der Waals surface area contributed by atoms with E-state index in [1.54, 1.807) is 12.3 Å². The molecule has 1 N–H and O–H groups in total. The number of furan rings is 1. The Labute approximate surface area is 131 Å². The van der Waals surface area contributed by atoms with E-state index in [0.717, 1.165) is 23.0 Å². The van der Waals surface area contributed by atoms with Crippen LogP contribution in [0.4, 0.5) is 4.39 Å². The van der Waals surface area contributed by atoms with Crippen LogP contribution in [0.2, 0.25) is 5.22 Å². The third-order valence-corrected chi connectivity index (χ3v) is 3.90. The molecule has 1 aromatic heterocycles. The molecule has 0 radical (unpaired) electrons. The predicted octanol–water partition coefficient (Wildman–Crippen LogP) is 5.12. The molecule has 5 heteroatoms. The van der Waals surface area contributed by atoms with Crippen molar-refractivity contribution < 1.29 is 8.81 Å². The Morgan fingerprint density at radius 2 is 2.20 bits per heavy atom. The zero-order chi connectivity index (χ0) is 14.5. The molecule has 0 aliphatic carbocycles. The molecule has 0 aliphatic rings. The molecule has 108 valence electrons. The Morgan fingerprint density at radius 1 is 1.40 bits per heavy atom. The summed E-state index contributed by atoms with van der Waals surface area (Å²) in [5.74, 6) is -0.220. The van der Waals surface area contributed by atoms with Crippen molar-refractivity contribution in [2.24, 2.45) is 0 Å². The van der Waals surface area contributed by atoms with Crippen LogP contribution in [-0.2, 0) is 6.42 Å². The normalized spacial score (nSPS) is 12.6. The van der Waals surface area contributed by atoms with Gasteiger partial charge in [0, 0.05) is 16.1 Å². The van der Waals surface area contributed by atoms with Gasteiger partial charge in [-0.1, -0.05) is 28.9 Å². The smallest absolute Gasteiger partial charge is 0.197 e. The van der Waals surface area contributed by atoms with Gasteiger partial charge in [0.2, 0.25) is 0 Å². The molecule has 2 nitrogen and oxygen atoms in total. The number of hydrogen-bond donors (Lipinski definition) is 1. The van der Waals surface area contributed by atoms with E-state index in [0.29, 0.717) is 17.2 Å². The molecule has 0 fully saturated rings. The van der Waals surface area contributed by atoms with Crippen LogP contribution < -0.4 is 5.32 Å². The Hall–Kier alpha value is -0.840. The molecular formula is C15H16BrClFNO. The highest BCUT2D eigenvalue weighted by Gasteiger charge is 2.18. The summed E-state index contributed by atoms with van der Waals surface area (Å²) in [4.78, 5) is 0. The van der Waals surface area contributed by atoms with E-state index < -0.39 is 0 Å². The molecule has 1 atom stereocenters. The minimum absolute atomic E-state index is 0.0584. The second kappa shape index (κ2) is 7.25. The first-order valence-electron chi connectivity index (χ1n) is 6.52. The van der Waals surface area contributed by atoms with E-state index in [1.165, 1.54) is 6.07 Å². The minimum atomic E-state index is -0.220. The molecule has 0 saturated heterocycles. The second-order valence-corrected chi connectivity index (χ2v) is 5.86. The van der Waals surface area contributed by atoms with Gasteiger partial charge >= 0.3 is 0 Å². The van der Waals surface area contributed by atoms with Crippen molar-refractivity contribution >= 4 is 27.5 Å². The first-order chi connectivity index (χ1) is 9.61. The van der Waals surface area contributed by atoms with E-state index in [-0.39, 0.29) is 11.9 Å². The number of benzene rings is 1. The quantitative estimate of drug-likeness (QED) is 0.773. The first kappa shape index (κ1) is 15.5. The molecule has 2 rings (SSSR count). The maximum atomic E-state index is 14.0. The fraction of sp³-hybridized carbons (Fsp3) is 0.333. The van der Waals surface area contributed by atoms with Crippen molar-refractivity contribution in [1.29, 1.82) is 0 Å². The zero-order valence-corrected chi connectivity index (χ0v) is 13.5. The second-order valence-electron chi connectivity index (χ2n) is 4.60. The Morgan fingerprint density at radius 3 is 2.80 bits per heavy atom. The van der Waals surface area contributed by atoms with Crippen molar-refractivity contribution in [3.8, 4) is 0 Å². The first-order valence-corrected chi connectivity index (χ1v) is 7.69. The van der Waals surface area contributed by atoms with E-state index in [9.17, 15) is 4.39 Å². The van der Waals surface area contributed by atoms with Crippen LogP contribution >= 0.6 is 27.5 Å². The van der Waals surface area contributed by atoms with Crippen molar-refractivity contribution in [1.82, 2.24) is 5.32 Å². The van der Waals surface area contributed by atoms with E-state index in [1.807, 2.05) is 12.1 Å². The molecule has 0 bridgehead atoms. The van der Waals surface area contributed by atoms with Crippen molar-refractivity contribution in [3.05, 3.63) is 57.2 Å². The third-order valence-electron chi connectivity index (χ3n) is 3.10.